The van der Waals surface area contributed by atoms with Crippen molar-refractivity contribution in [3.8, 4) is 11.5 Å². The Bertz CT molecular complexity index is 838. The Morgan fingerprint density at radius 2 is 1.89 bits per heavy atom. The minimum atomic E-state index is -0.913. The quantitative estimate of drug-likeness (QED) is 0.788. The molecule has 0 aliphatic carbocycles. The number of carbonyl (C=O) groups is 2. The highest BCUT2D eigenvalue weighted by Crippen LogP contribution is 2.32. The molecule has 2 aromatic carbocycles. The van der Waals surface area contributed by atoms with Gasteiger partial charge in [0.15, 0.2) is 11.5 Å². The van der Waals surface area contributed by atoms with E-state index in [9.17, 15) is 14.7 Å². The van der Waals surface area contributed by atoms with Crippen LogP contribution >= 0.6 is 0 Å². The first-order valence-corrected chi connectivity index (χ1v) is 8.95. The number of aliphatic hydroxyl groups is 1. The number of hydrogen-bond acceptors (Lipinski definition) is 6. The summed E-state index contributed by atoms with van der Waals surface area (Å²) in [6, 6.07) is 14.1. The van der Waals surface area contributed by atoms with Gasteiger partial charge in [0.05, 0.1) is 32.8 Å². The van der Waals surface area contributed by atoms with Gasteiger partial charge in [-0.15, -0.1) is 0 Å². The van der Waals surface area contributed by atoms with Crippen LogP contribution in [0.25, 0.3) is 0 Å². The third-order valence-corrected chi connectivity index (χ3v) is 4.80. The molecule has 1 heterocycles. The van der Waals surface area contributed by atoms with Crippen molar-refractivity contribution in [2.75, 3.05) is 27.4 Å². The molecule has 3 rings (SSSR count). The van der Waals surface area contributed by atoms with Crippen LogP contribution in [-0.2, 0) is 16.0 Å². The molecule has 2 atom stereocenters. The highest BCUT2D eigenvalue weighted by Gasteiger charge is 2.41. The number of carbonyl (C=O) groups excluding carboxylic acids is 2. The van der Waals surface area contributed by atoms with Gasteiger partial charge in [-0.25, -0.2) is 9.69 Å². The van der Waals surface area contributed by atoms with Crippen LogP contribution in [0.3, 0.4) is 0 Å². The Balaban J connectivity index is 1.85. The van der Waals surface area contributed by atoms with Crippen LogP contribution in [0.5, 0.6) is 11.5 Å². The Kier molecular flexibility index (Phi) is 6.16. The number of hydrogen-bond donors (Lipinski definition) is 1. The Hall–Kier alpha value is -3.06. The van der Waals surface area contributed by atoms with Gasteiger partial charge in [0.25, 0.3) is 0 Å². The maximum Gasteiger partial charge on any atom is 0.417 e. The van der Waals surface area contributed by atoms with Crippen molar-refractivity contribution in [2.45, 2.75) is 18.4 Å². The molecule has 2 aromatic rings. The summed E-state index contributed by atoms with van der Waals surface area (Å²) < 4.78 is 15.6. The highest BCUT2D eigenvalue weighted by atomic mass is 16.6. The summed E-state index contributed by atoms with van der Waals surface area (Å²) in [6.45, 7) is -0.320. The van der Waals surface area contributed by atoms with Gasteiger partial charge in [-0.05, 0) is 29.7 Å². The summed E-state index contributed by atoms with van der Waals surface area (Å²) in [5.74, 6) is -0.462. The number of aliphatic hydroxyl groups excluding tert-OH is 1. The minimum Gasteiger partial charge on any atom is -0.493 e. The minimum absolute atomic E-state index is 0.129. The Morgan fingerprint density at radius 3 is 2.54 bits per heavy atom. The molecule has 7 heteroatoms. The fourth-order valence-electron chi connectivity index (χ4n) is 3.33. The van der Waals surface area contributed by atoms with Crippen molar-refractivity contribution in [3.05, 3.63) is 59.7 Å². The maximum absolute atomic E-state index is 13.1. The highest BCUT2D eigenvalue weighted by molar-refractivity contribution is 5.97. The van der Waals surface area contributed by atoms with Crippen molar-refractivity contribution >= 4 is 12.0 Å². The second-order valence-corrected chi connectivity index (χ2v) is 6.48. The Labute approximate surface area is 163 Å². The predicted octanol–water partition coefficient (Wildman–Crippen LogP) is 2.37. The summed E-state index contributed by atoms with van der Waals surface area (Å²) >= 11 is 0. The average molecular weight is 385 g/mol. The van der Waals surface area contributed by atoms with Gasteiger partial charge in [0, 0.05) is 0 Å². The summed E-state index contributed by atoms with van der Waals surface area (Å²) in [4.78, 5) is 26.5. The number of rotatable bonds is 7. The van der Waals surface area contributed by atoms with Gasteiger partial charge in [-0.1, -0.05) is 36.4 Å². The number of benzene rings is 2. The molecule has 1 aliphatic rings. The normalized spacial score (nSPS) is 17.2. The van der Waals surface area contributed by atoms with Crippen LogP contribution in [0.2, 0.25) is 0 Å². The van der Waals surface area contributed by atoms with Crippen LogP contribution < -0.4 is 9.47 Å². The van der Waals surface area contributed by atoms with Crippen molar-refractivity contribution in [3.63, 3.8) is 0 Å². The van der Waals surface area contributed by atoms with E-state index in [1.807, 2.05) is 30.3 Å². The van der Waals surface area contributed by atoms with Gasteiger partial charge < -0.3 is 19.3 Å². The number of ether oxygens (including phenoxy) is 3. The third kappa shape index (κ3) is 3.94. The molecular formula is C21H23NO6. The zero-order valence-electron chi connectivity index (χ0n) is 15.8. The van der Waals surface area contributed by atoms with E-state index in [0.717, 1.165) is 10.5 Å². The molecule has 1 N–H and O–H groups in total. The summed E-state index contributed by atoms with van der Waals surface area (Å²) in [5.41, 5.74) is 1.53. The van der Waals surface area contributed by atoms with Gasteiger partial charge in [0.1, 0.15) is 6.61 Å². The number of methoxy groups -OCH3 is 2. The van der Waals surface area contributed by atoms with E-state index in [1.165, 1.54) is 14.2 Å². The fraction of sp³-hybridized carbons (Fsp3) is 0.333. The van der Waals surface area contributed by atoms with E-state index in [1.54, 1.807) is 18.2 Å². The predicted molar refractivity (Wildman–Crippen MR) is 102 cm³/mol. The summed E-state index contributed by atoms with van der Waals surface area (Å²) in [5, 5.41) is 9.89. The number of amides is 2. The SMILES string of the molecule is COc1ccc([C@@H](CO)C(=O)N2C(=O)OC[C@H]2Cc2ccccc2)cc1OC. The van der Waals surface area contributed by atoms with E-state index < -0.39 is 30.6 Å². The standard InChI is InChI=1S/C21H23NO6/c1-26-18-9-8-15(11-19(18)27-2)17(12-23)20(24)22-16(13-28-21(22)25)10-14-6-4-3-5-7-14/h3-9,11,16-17,23H,10,12-13H2,1-2H3/t16-,17-/m1/s1. The average Bonchev–Trinajstić information content (AvgIpc) is 3.09. The molecule has 0 bridgehead atoms. The van der Waals surface area contributed by atoms with E-state index in [-0.39, 0.29) is 6.61 Å². The molecule has 2 amide bonds. The van der Waals surface area contributed by atoms with Crippen molar-refractivity contribution in [1.29, 1.82) is 0 Å². The second kappa shape index (κ2) is 8.75. The van der Waals surface area contributed by atoms with Gasteiger partial charge in [-0.2, -0.15) is 0 Å². The molecule has 1 aliphatic heterocycles. The first kappa shape index (κ1) is 19.7. The van der Waals surface area contributed by atoms with Crippen LogP contribution in [-0.4, -0.2) is 55.5 Å². The van der Waals surface area contributed by atoms with Crippen molar-refractivity contribution in [1.82, 2.24) is 4.90 Å². The van der Waals surface area contributed by atoms with Crippen LogP contribution in [0.1, 0.15) is 17.0 Å². The third-order valence-electron chi connectivity index (χ3n) is 4.80. The molecule has 0 aromatic heterocycles. The molecule has 28 heavy (non-hydrogen) atoms. The molecule has 1 saturated heterocycles. The van der Waals surface area contributed by atoms with E-state index >= 15 is 0 Å². The molecule has 0 spiro atoms. The first-order chi connectivity index (χ1) is 13.6. The molecule has 0 unspecified atom stereocenters. The molecule has 148 valence electrons. The zero-order valence-corrected chi connectivity index (χ0v) is 15.8. The lowest BCUT2D eigenvalue weighted by atomic mass is 9.96. The molecular weight excluding hydrogens is 362 g/mol. The van der Waals surface area contributed by atoms with E-state index in [2.05, 4.69) is 0 Å². The van der Waals surface area contributed by atoms with Crippen LogP contribution in [0, 0.1) is 0 Å². The molecule has 1 fully saturated rings. The van der Waals surface area contributed by atoms with Gasteiger partial charge in [-0.3, -0.25) is 4.79 Å². The Morgan fingerprint density at radius 1 is 1.18 bits per heavy atom. The zero-order chi connectivity index (χ0) is 20.1. The van der Waals surface area contributed by atoms with Crippen molar-refractivity contribution < 1.29 is 28.9 Å². The summed E-state index contributed by atoms with van der Waals surface area (Å²) in [6.07, 6.45) is -0.201. The van der Waals surface area contributed by atoms with Crippen LogP contribution in [0.4, 0.5) is 4.79 Å². The van der Waals surface area contributed by atoms with Gasteiger partial charge in [0.2, 0.25) is 5.91 Å². The topological polar surface area (TPSA) is 85.3 Å². The smallest absolute Gasteiger partial charge is 0.417 e. The van der Waals surface area contributed by atoms with Gasteiger partial charge >= 0.3 is 6.09 Å². The lowest BCUT2D eigenvalue weighted by Gasteiger charge is -2.24. The molecule has 7 nitrogen and oxygen atoms in total. The second-order valence-electron chi connectivity index (χ2n) is 6.48. The van der Waals surface area contributed by atoms with E-state index in [4.69, 9.17) is 14.2 Å². The number of cyclic esters (lactones) is 1. The number of imide groups is 1. The molecule has 0 saturated carbocycles. The monoisotopic (exact) mass is 385 g/mol. The number of nitrogens with zero attached hydrogens (tertiary/aromatic N) is 1. The lowest BCUT2D eigenvalue weighted by molar-refractivity contribution is -0.131. The van der Waals surface area contributed by atoms with E-state index in [0.29, 0.717) is 23.5 Å². The maximum atomic E-state index is 13.1. The van der Waals surface area contributed by atoms with Crippen molar-refractivity contribution in [2.24, 2.45) is 0 Å². The van der Waals surface area contributed by atoms with Crippen LogP contribution in [0.15, 0.2) is 48.5 Å². The fourth-order valence-corrected chi connectivity index (χ4v) is 3.33. The summed E-state index contributed by atoms with van der Waals surface area (Å²) in [7, 11) is 3.01. The lowest BCUT2D eigenvalue weighted by Crippen LogP contribution is -2.43. The first-order valence-electron chi connectivity index (χ1n) is 8.95. The largest absolute Gasteiger partial charge is 0.493 e. The molecule has 0 radical (unpaired) electrons.